The molecule has 36 heavy (non-hydrogen) atoms. The first-order valence-electron chi connectivity index (χ1n) is 12.6. The first kappa shape index (κ1) is 22.5. The van der Waals surface area contributed by atoms with Crippen LogP contribution in [0, 0.1) is 11.7 Å². The van der Waals surface area contributed by atoms with Crippen molar-refractivity contribution in [2.45, 2.75) is 19.3 Å². The Hall–Kier alpha value is -3.93. The molecule has 6 heteroatoms. The molecule has 0 aliphatic carbocycles. The molecule has 1 aromatic heterocycles. The fourth-order valence-corrected chi connectivity index (χ4v) is 5.65. The number of hydrogen-bond acceptors (Lipinski definition) is 2. The van der Waals surface area contributed by atoms with Gasteiger partial charge in [-0.1, -0.05) is 42.5 Å². The van der Waals surface area contributed by atoms with Gasteiger partial charge in [-0.05, 0) is 59.9 Å². The summed E-state index contributed by atoms with van der Waals surface area (Å²) < 4.78 is 13.5. The molecule has 0 unspecified atom stereocenters. The number of nitrogens with one attached hydrogen (secondary N) is 1. The van der Waals surface area contributed by atoms with Crippen molar-refractivity contribution in [3.05, 3.63) is 89.9 Å². The highest BCUT2D eigenvalue weighted by Crippen LogP contribution is 2.31. The number of benzene rings is 3. The SMILES string of the molecule is O=C(c1cccc2ccccc12)N1CCC(C(=O)N2CC=C(c3c[nH]c4cc(F)ccc34)CC2)CC1. The van der Waals surface area contributed by atoms with Crippen molar-refractivity contribution in [2.24, 2.45) is 5.92 Å². The van der Waals surface area contributed by atoms with Crippen molar-refractivity contribution >= 4 is 39.1 Å². The van der Waals surface area contributed by atoms with Gasteiger partial charge >= 0.3 is 0 Å². The number of rotatable bonds is 3. The second kappa shape index (κ2) is 9.26. The number of carbonyl (C=O) groups excluding carboxylic acids is 2. The van der Waals surface area contributed by atoms with E-state index in [1.54, 1.807) is 0 Å². The Labute approximate surface area is 209 Å². The van der Waals surface area contributed by atoms with E-state index in [4.69, 9.17) is 0 Å². The Morgan fingerprint density at radius 1 is 0.889 bits per heavy atom. The van der Waals surface area contributed by atoms with E-state index in [1.807, 2.05) is 64.5 Å². The molecule has 6 rings (SSSR count). The summed E-state index contributed by atoms with van der Waals surface area (Å²) in [5.74, 6) is -0.0758. The van der Waals surface area contributed by atoms with Gasteiger partial charge in [0.25, 0.3) is 5.91 Å². The van der Waals surface area contributed by atoms with Crippen LogP contribution in [0.3, 0.4) is 0 Å². The number of amides is 2. The molecule has 0 bridgehead atoms. The molecule has 0 atom stereocenters. The fraction of sp³-hybridized carbons (Fsp3) is 0.267. The van der Waals surface area contributed by atoms with Crippen LogP contribution in [0.1, 0.15) is 35.2 Å². The Bertz CT molecular complexity index is 1490. The molecular weight excluding hydrogens is 453 g/mol. The van der Waals surface area contributed by atoms with Crippen LogP contribution in [0.5, 0.6) is 0 Å². The van der Waals surface area contributed by atoms with Crippen LogP contribution in [0.4, 0.5) is 4.39 Å². The van der Waals surface area contributed by atoms with Gasteiger partial charge in [-0.3, -0.25) is 9.59 Å². The lowest BCUT2D eigenvalue weighted by atomic mass is 9.93. The minimum atomic E-state index is -0.254. The molecule has 2 amide bonds. The van der Waals surface area contributed by atoms with Crippen molar-refractivity contribution < 1.29 is 14.0 Å². The normalized spacial score (nSPS) is 17.0. The summed E-state index contributed by atoms with van der Waals surface area (Å²) in [5.41, 5.74) is 3.78. The molecule has 182 valence electrons. The molecule has 1 fully saturated rings. The number of piperidine rings is 1. The van der Waals surface area contributed by atoms with E-state index in [1.165, 1.54) is 17.7 Å². The molecule has 0 spiro atoms. The van der Waals surface area contributed by atoms with E-state index in [0.717, 1.165) is 39.2 Å². The predicted molar refractivity (Wildman–Crippen MR) is 140 cm³/mol. The van der Waals surface area contributed by atoms with E-state index >= 15 is 0 Å². The van der Waals surface area contributed by atoms with Crippen molar-refractivity contribution in [3.63, 3.8) is 0 Å². The monoisotopic (exact) mass is 481 g/mol. The third-order valence-electron chi connectivity index (χ3n) is 7.66. The number of aromatic amines is 1. The highest BCUT2D eigenvalue weighted by Gasteiger charge is 2.31. The van der Waals surface area contributed by atoms with Gasteiger partial charge < -0.3 is 14.8 Å². The van der Waals surface area contributed by atoms with Gasteiger partial charge in [0.2, 0.25) is 5.91 Å². The van der Waals surface area contributed by atoms with Gasteiger partial charge in [0, 0.05) is 60.3 Å². The average molecular weight is 482 g/mol. The Morgan fingerprint density at radius 3 is 2.50 bits per heavy atom. The summed E-state index contributed by atoms with van der Waals surface area (Å²) in [4.78, 5) is 33.5. The second-order valence-corrected chi connectivity index (χ2v) is 9.75. The predicted octanol–water partition coefficient (Wildman–Crippen LogP) is 5.63. The van der Waals surface area contributed by atoms with Crippen molar-refractivity contribution in [1.82, 2.24) is 14.8 Å². The first-order valence-corrected chi connectivity index (χ1v) is 12.6. The van der Waals surface area contributed by atoms with Crippen molar-refractivity contribution in [3.8, 4) is 0 Å². The molecule has 4 aromatic rings. The van der Waals surface area contributed by atoms with Crippen LogP contribution in [0.2, 0.25) is 0 Å². The Morgan fingerprint density at radius 2 is 1.69 bits per heavy atom. The number of nitrogens with zero attached hydrogens (tertiary/aromatic N) is 2. The topological polar surface area (TPSA) is 56.4 Å². The zero-order valence-electron chi connectivity index (χ0n) is 20.0. The lowest BCUT2D eigenvalue weighted by molar-refractivity contribution is -0.136. The molecule has 2 aliphatic heterocycles. The molecule has 3 heterocycles. The van der Waals surface area contributed by atoms with Crippen LogP contribution in [0.25, 0.3) is 27.2 Å². The van der Waals surface area contributed by atoms with E-state index < -0.39 is 0 Å². The maximum absolute atomic E-state index is 13.5. The van der Waals surface area contributed by atoms with Crippen LogP contribution < -0.4 is 0 Å². The quantitative estimate of drug-likeness (QED) is 0.412. The average Bonchev–Trinajstić information content (AvgIpc) is 3.35. The maximum atomic E-state index is 13.5. The summed E-state index contributed by atoms with van der Waals surface area (Å²) in [7, 11) is 0. The largest absolute Gasteiger partial charge is 0.360 e. The Balaban J connectivity index is 1.09. The van der Waals surface area contributed by atoms with E-state index in [-0.39, 0.29) is 23.5 Å². The summed E-state index contributed by atoms with van der Waals surface area (Å²) >= 11 is 0. The van der Waals surface area contributed by atoms with Gasteiger partial charge in [-0.15, -0.1) is 0 Å². The number of fused-ring (bicyclic) bond motifs is 2. The highest BCUT2D eigenvalue weighted by molar-refractivity contribution is 6.07. The van der Waals surface area contributed by atoms with Gasteiger partial charge in [0.15, 0.2) is 0 Å². The number of halogens is 1. The number of carbonyl (C=O) groups is 2. The van der Waals surface area contributed by atoms with Gasteiger partial charge in [-0.25, -0.2) is 4.39 Å². The molecule has 1 N–H and O–H groups in total. The zero-order chi connectivity index (χ0) is 24.6. The standard InChI is InChI=1S/C30H28FN3O2/c31-23-8-9-25-27(19-32-28(25)18-23)21-10-14-33(15-11-21)29(35)22-12-16-34(17-13-22)30(36)26-7-3-5-20-4-1-2-6-24(20)26/h1-10,18-19,22,32H,11-17H2. The number of hydrogen-bond donors (Lipinski definition) is 1. The highest BCUT2D eigenvalue weighted by atomic mass is 19.1. The van der Waals surface area contributed by atoms with Gasteiger partial charge in [0.1, 0.15) is 5.82 Å². The molecule has 0 radical (unpaired) electrons. The van der Waals surface area contributed by atoms with Crippen molar-refractivity contribution in [2.75, 3.05) is 26.2 Å². The first-order chi connectivity index (χ1) is 17.6. The summed E-state index contributed by atoms with van der Waals surface area (Å²) in [6.45, 7) is 2.45. The maximum Gasteiger partial charge on any atom is 0.254 e. The lowest BCUT2D eigenvalue weighted by Crippen LogP contribution is -2.45. The minimum Gasteiger partial charge on any atom is -0.360 e. The third kappa shape index (κ3) is 4.06. The molecule has 0 saturated carbocycles. The van der Waals surface area contributed by atoms with Crippen LogP contribution in [0.15, 0.2) is 72.9 Å². The number of aromatic nitrogens is 1. The molecule has 1 saturated heterocycles. The Kier molecular flexibility index (Phi) is 5.80. The van der Waals surface area contributed by atoms with Gasteiger partial charge in [0.05, 0.1) is 0 Å². The number of likely N-dealkylation sites (tertiary alicyclic amines) is 1. The second-order valence-electron chi connectivity index (χ2n) is 9.75. The summed E-state index contributed by atoms with van der Waals surface area (Å²) in [6, 6.07) is 18.6. The van der Waals surface area contributed by atoms with Crippen LogP contribution >= 0.6 is 0 Å². The lowest BCUT2D eigenvalue weighted by Gasteiger charge is -2.35. The van der Waals surface area contributed by atoms with Crippen LogP contribution in [-0.2, 0) is 4.79 Å². The molecule has 2 aliphatic rings. The van der Waals surface area contributed by atoms with E-state index in [2.05, 4.69) is 11.1 Å². The molecule has 3 aromatic carbocycles. The fourth-order valence-electron chi connectivity index (χ4n) is 5.65. The van der Waals surface area contributed by atoms with Crippen molar-refractivity contribution in [1.29, 1.82) is 0 Å². The summed E-state index contributed by atoms with van der Waals surface area (Å²) in [6.07, 6.45) is 6.20. The smallest absolute Gasteiger partial charge is 0.254 e. The zero-order valence-corrected chi connectivity index (χ0v) is 20.0. The summed E-state index contributed by atoms with van der Waals surface area (Å²) in [5, 5.41) is 3.04. The molecule has 5 nitrogen and oxygen atoms in total. The minimum absolute atomic E-state index is 0.0434. The van der Waals surface area contributed by atoms with E-state index in [0.29, 0.717) is 39.0 Å². The molecular formula is C30H28FN3O2. The third-order valence-corrected chi connectivity index (χ3v) is 7.66. The van der Waals surface area contributed by atoms with Gasteiger partial charge in [-0.2, -0.15) is 0 Å². The number of H-pyrrole nitrogens is 1. The van der Waals surface area contributed by atoms with Crippen LogP contribution in [-0.4, -0.2) is 52.8 Å². The van der Waals surface area contributed by atoms with E-state index in [9.17, 15) is 14.0 Å².